The van der Waals surface area contributed by atoms with E-state index in [9.17, 15) is 14.4 Å². The van der Waals surface area contributed by atoms with E-state index in [-0.39, 0.29) is 5.92 Å². The number of carbonyl (C=O) groups is 3. The molecular weight excluding hydrogens is 322 g/mol. The standard InChI is InChI=1S/C19H25NO5/c1-5-13(2)18(19(23)24-4)20-16(21)12-25-17(22)11-10-15-9-7-6-8-14(15)3/h6-11,13,18H,5,12H2,1-4H3,(H,20,21)/b11-10+/t13-,18-/m1/s1. The van der Waals surface area contributed by atoms with E-state index in [4.69, 9.17) is 4.74 Å². The lowest BCUT2D eigenvalue weighted by Crippen LogP contribution is -2.47. The molecule has 0 aliphatic carbocycles. The Morgan fingerprint density at radius 3 is 2.52 bits per heavy atom. The first-order chi connectivity index (χ1) is 11.9. The van der Waals surface area contributed by atoms with Gasteiger partial charge in [0.2, 0.25) is 0 Å². The minimum absolute atomic E-state index is 0.0898. The molecule has 0 spiro atoms. The SMILES string of the molecule is CC[C@@H](C)[C@@H](NC(=O)COC(=O)/C=C/c1ccccc1C)C(=O)OC. The first-order valence-corrected chi connectivity index (χ1v) is 8.16. The van der Waals surface area contributed by atoms with Crippen LogP contribution < -0.4 is 5.32 Å². The number of hydrogen-bond acceptors (Lipinski definition) is 5. The van der Waals surface area contributed by atoms with Gasteiger partial charge in [-0.05, 0) is 30.0 Å². The largest absolute Gasteiger partial charge is 0.467 e. The van der Waals surface area contributed by atoms with E-state index in [2.05, 4.69) is 10.1 Å². The number of rotatable bonds is 8. The van der Waals surface area contributed by atoms with E-state index < -0.39 is 30.5 Å². The minimum atomic E-state index is -0.760. The van der Waals surface area contributed by atoms with Crippen molar-refractivity contribution in [2.45, 2.75) is 33.2 Å². The highest BCUT2D eigenvalue weighted by molar-refractivity contribution is 5.90. The molecule has 1 rings (SSSR count). The molecule has 0 radical (unpaired) electrons. The predicted molar refractivity (Wildman–Crippen MR) is 94.6 cm³/mol. The van der Waals surface area contributed by atoms with Crippen molar-refractivity contribution in [2.75, 3.05) is 13.7 Å². The van der Waals surface area contributed by atoms with Crippen molar-refractivity contribution in [3.63, 3.8) is 0 Å². The average Bonchev–Trinajstić information content (AvgIpc) is 2.62. The highest BCUT2D eigenvalue weighted by Gasteiger charge is 2.26. The molecule has 0 heterocycles. The molecule has 6 nitrogen and oxygen atoms in total. The lowest BCUT2D eigenvalue weighted by Gasteiger charge is -2.21. The lowest BCUT2D eigenvalue weighted by molar-refractivity contribution is -0.148. The monoisotopic (exact) mass is 347 g/mol. The predicted octanol–water partition coefficient (Wildman–Crippen LogP) is 2.26. The quantitative estimate of drug-likeness (QED) is 0.576. The molecular formula is C19H25NO5. The van der Waals surface area contributed by atoms with Crippen LogP contribution in [0.1, 0.15) is 31.4 Å². The van der Waals surface area contributed by atoms with E-state index in [1.165, 1.54) is 13.2 Å². The second kappa shape index (κ2) is 10.3. The number of esters is 2. The van der Waals surface area contributed by atoms with Crippen LogP contribution in [0.2, 0.25) is 0 Å². The Morgan fingerprint density at radius 1 is 1.24 bits per heavy atom. The van der Waals surface area contributed by atoms with Gasteiger partial charge >= 0.3 is 11.9 Å². The molecule has 0 unspecified atom stereocenters. The maximum Gasteiger partial charge on any atom is 0.331 e. The van der Waals surface area contributed by atoms with E-state index in [0.717, 1.165) is 11.1 Å². The minimum Gasteiger partial charge on any atom is -0.467 e. The van der Waals surface area contributed by atoms with Gasteiger partial charge in [-0.1, -0.05) is 44.5 Å². The molecule has 0 saturated carbocycles. The van der Waals surface area contributed by atoms with Crippen molar-refractivity contribution < 1.29 is 23.9 Å². The second-order valence-corrected chi connectivity index (χ2v) is 5.75. The van der Waals surface area contributed by atoms with Crippen molar-refractivity contribution in [1.29, 1.82) is 0 Å². The molecule has 0 aromatic heterocycles. The summed E-state index contributed by atoms with van der Waals surface area (Å²) in [5.41, 5.74) is 1.92. The van der Waals surface area contributed by atoms with Crippen LogP contribution in [0.5, 0.6) is 0 Å². The summed E-state index contributed by atoms with van der Waals surface area (Å²) in [4.78, 5) is 35.3. The van der Waals surface area contributed by atoms with E-state index in [1.807, 2.05) is 45.0 Å². The average molecular weight is 347 g/mol. The molecule has 0 saturated heterocycles. The summed E-state index contributed by atoms with van der Waals surface area (Å²) in [6.07, 6.45) is 3.59. The maximum absolute atomic E-state index is 11.9. The summed E-state index contributed by atoms with van der Waals surface area (Å²) < 4.78 is 9.59. The van der Waals surface area contributed by atoms with Crippen LogP contribution in [-0.2, 0) is 23.9 Å². The van der Waals surface area contributed by atoms with E-state index >= 15 is 0 Å². The molecule has 0 aliphatic rings. The molecule has 1 amide bonds. The van der Waals surface area contributed by atoms with Crippen LogP contribution in [0.4, 0.5) is 0 Å². The van der Waals surface area contributed by atoms with Gasteiger partial charge in [-0.15, -0.1) is 0 Å². The maximum atomic E-state index is 11.9. The van der Waals surface area contributed by atoms with Crippen LogP contribution >= 0.6 is 0 Å². The van der Waals surface area contributed by atoms with Gasteiger partial charge in [-0.3, -0.25) is 4.79 Å². The number of aryl methyl sites for hydroxylation is 1. The lowest BCUT2D eigenvalue weighted by atomic mass is 9.99. The van der Waals surface area contributed by atoms with Gasteiger partial charge < -0.3 is 14.8 Å². The molecule has 1 N–H and O–H groups in total. The van der Waals surface area contributed by atoms with Gasteiger partial charge in [0.15, 0.2) is 6.61 Å². The van der Waals surface area contributed by atoms with Crippen molar-refractivity contribution >= 4 is 23.9 Å². The molecule has 0 fully saturated rings. The summed E-state index contributed by atoms with van der Waals surface area (Å²) in [6, 6.07) is 6.82. The van der Waals surface area contributed by atoms with E-state index in [0.29, 0.717) is 6.42 Å². The number of ether oxygens (including phenoxy) is 2. The van der Waals surface area contributed by atoms with Gasteiger partial charge in [0.25, 0.3) is 5.91 Å². The summed E-state index contributed by atoms with van der Waals surface area (Å²) in [5.74, 6) is -1.79. The fourth-order valence-corrected chi connectivity index (χ4v) is 2.13. The Hall–Kier alpha value is -2.63. The molecule has 1 aromatic rings. The summed E-state index contributed by atoms with van der Waals surface area (Å²) in [5, 5.41) is 2.54. The molecule has 2 atom stereocenters. The van der Waals surface area contributed by atoms with Gasteiger partial charge in [0.1, 0.15) is 6.04 Å². The topological polar surface area (TPSA) is 81.7 Å². The highest BCUT2D eigenvalue weighted by Crippen LogP contribution is 2.10. The Bertz CT molecular complexity index is 638. The summed E-state index contributed by atoms with van der Waals surface area (Å²) >= 11 is 0. The number of hydrogen-bond donors (Lipinski definition) is 1. The number of benzene rings is 1. The molecule has 136 valence electrons. The third kappa shape index (κ3) is 6.79. The Kier molecular flexibility index (Phi) is 8.39. The number of nitrogens with one attached hydrogen (secondary N) is 1. The number of amides is 1. The van der Waals surface area contributed by atoms with Crippen LogP contribution in [0, 0.1) is 12.8 Å². The van der Waals surface area contributed by atoms with Crippen molar-refractivity contribution in [2.24, 2.45) is 5.92 Å². The first-order valence-electron chi connectivity index (χ1n) is 8.16. The third-order valence-corrected chi connectivity index (χ3v) is 3.92. The summed E-state index contributed by atoms with van der Waals surface area (Å²) in [6.45, 7) is 5.21. The van der Waals surface area contributed by atoms with E-state index in [1.54, 1.807) is 6.08 Å². The fourth-order valence-electron chi connectivity index (χ4n) is 2.13. The Labute approximate surface area is 148 Å². The van der Waals surface area contributed by atoms with Crippen LogP contribution in [0.3, 0.4) is 0 Å². The van der Waals surface area contributed by atoms with Gasteiger partial charge in [0, 0.05) is 6.08 Å². The zero-order chi connectivity index (χ0) is 18.8. The molecule has 0 aliphatic heterocycles. The van der Waals surface area contributed by atoms with Crippen molar-refractivity contribution in [3.05, 3.63) is 41.5 Å². The smallest absolute Gasteiger partial charge is 0.331 e. The second-order valence-electron chi connectivity index (χ2n) is 5.75. The third-order valence-electron chi connectivity index (χ3n) is 3.92. The number of carbonyl (C=O) groups excluding carboxylic acids is 3. The zero-order valence-corrected chi connectivity index (χ0v) is 15.1. The van der Waals surface area contributed by atoms with Crippen LogP contribution in [0.25, 0.3) is 6.08 Å². The molecule has 1 aromatic carbocycles. The highest BCUT2D eigenvalue weighted by atomic mass is 16.5. The zero-order valence-electron chi connectivity index (χ0n) is 15.1. The van der Waals surface area contributed by atoms with Crippen LogP contribution in [-0.4, -0.2) is 37.6 Å². The van der Waals surface area contributed by atoms with Crippen LogP contribution in [0.15, 0.2) is 30.3 Å². The first kappa shape index (κ1) is 20.4. The molecule has 25 heavy (non-hydrogen) atoms. The molecule has 0 bridgehead atoms. The van der Waals surface area contributed by atoms with Gasteiger partial charge in [0.05, 0.1) is 7.11 Å². The normalized spacial score (nSPS) is 13.1. The number of methoxy groups -OCH3 is 1. The van der Waals surface area contributed by atoms with Crippen molar-refractivity contribution in [3.8, 4) is 0 Å². The van der Waals surface area contributed by atoms with Gasteiger partial charge in [-0.25, -0.2) is 9.59 Å². The Balaban J connectivity index is 2.53. The summed E-state index contributed by atoms with van der Waals surface area (Å²) in [7, 11) is 1.26. The molecule has 6 heteroatoms. The fraction of sp³-hybridized carbons (Fsp3) is 0.421. The van der Waals surface area contributed by atoms with Gasteiger partial charge in [-0.2, -0.15) is 0 Å². The van der Waals surface area contributed by atoms with Crippen molar-refractivity contribution in [1.82, 2.24) is 5.32 Å². The Morgan fingerprint density at radius 2 is 1.92 bits per heavy atom.